The van der Waals surface area contributed by atoms with Crippen LogP contribution in [-0.4, -0.2) is 44.2 Å². The lowest BCUT2D eigenvalue weighted by Crippen LogP contribution is -2.42. The number of aromatic nitrogens is 2. The Balaban J connectivity index is 1.92. The maximum Gasteiger partial charge on any atom is 0.329 e. The summed E-state index contributed by atoms with van der Waals surface area (Å²) in [5.41, 5.74) is 3.76. The highest BCUT2D eigenvalue weighted by Gasteiger charge is 2.41. The lowest BCUT2D eigenvalue weighted by Gasteiger charge is -2.19. The molecule has 0 aromatic carbocycles. The first-order valence-electron chi connectivity index (χ1n) is 9.30. The van der Waals surface area contributed by atoms with E-state index in [0.29, 0.717) is 0 Å². The van der Waals surface area contributed by atoms with Crippen molar-refractivity contribution in [2.24, 2.45) is 0 Å². The molecule has 0 aliphatic carbocycles. The summed E-state index contributed by atoms with van der Waals surface area (Å²) in [4.78, 5) is 42.8. The van der Waals surface area contributed by atoms with Crippen LogP contribution in [0.5, 0.6) is 0 Å². The van der Waals surface area contributed by atoms with Crippen LogP contribution in [0.1, 0.15) is 36.4 Å². The molecule has 0 bridgehead atoms. The molecular weight excluding hydrogens is 390 g/mol. The summed E-state index contributed by atoms with van der Waals surface area (Å²) in [6, 6.07) is 4.91. The van der Waals surface area contributed by atoms with Crippen molar-refractivity contribution in [3.63, 3.8) is 0 Å². The summed E-state index contributed by atoms with van der Waals surface area (Å²) >= 11 is 0.828. The van der Waals surface area contributed by atoms with Gasteiger partial charge >= 0.3 is 5.97 Å². The van der Waals surface area contributed by atoms with E-state index in [1.165, 1.54) is 6.92 Å². The monoisotopic (exact) mass is 413 g/mol. The van der Waals surface area contributed by atoms with E-state index in [1.807, 2.05) is 43.5 Å². The van der Waals surface area contributed by atoms with Crippen LogP contribution in [0.4, 0.5) is 4.79 Å². The number of pyridine rings is 1. The third-order valence-corrected chi connectivity index (χ3v) is 5.60. The average Bonchev–Trinajstić information content (AvgIpc) is 3.11. The van der Waals surface area contributed by atoms with E-state index in [9.17, 15) is 14.4 Å². The molecule has 2 aromatic heterocycles. The van der Waals surface area contributed by atoms with Gasteiger partial charge in [-0.3, -0.25) is 14.5 Å². The van der Waals surface area contributed by atoms with E-state index in [0.717, 1.165) is 45.0 Å². The van der Waals surface area contributed by atoms with E-state index < -0.39 is 23.2 Å². The van der Waals surface area contributed by atoms with Crippen LogP contribution in [0.2, 0.25) is 0 Å². The summed E-state index contributed by atoms with van der Waals surface area (Å²) < 4.78 is 6.93. The van der Waals surface area contributed by atoms with Crippen LogP contribution in [0, 0.1) is 20.8 Å². The van der Waals surface area contributed by atoms with Gasteiger partial charge in [0.15, 0.2) is 0 Å². The number of hydrogen-bond donors (Lipinski definition) is 0. The van der Waals surface area contributed by atoms with Gasteiger partial charge in [-0.2, -0.15) is 0 Å². The van der Waals surface area contributed by atoms with Crippen molar-refractivity contribution in [2.75, 3.05) is 6.61 Å². The fourth-order valence-corrected chi connectivity index (χ4v) is 4.10. The minimum Gasteiger partial charge on any atom is -0.464 e. The molecule has 1 fully saturated rings. The first kappa shape index (κ1) is 20.9. The van der Waals surface area contributed by atoms with E-state index in [-0.39, 0.29) is 11.5 Å². The third kappa shape index (κ3) is 3.98. The number of aryl methyl sites for hydroxylation is 2. The van der Waals surface area contributed by atoms with Gasteiger partial charge in [-0.1, -0.05) is 6.07 Å². The minimum absolute atomic E-state index is 0.189. The predicted molar refractivity (Wildman–Crippen MR) is 112 cm³/mol. The molecule has 152 valence electrons. The van der Waals surface area contributed by atoms with E-state index in [4.69, 9.17) is 4.74 Å². The van der Waals surface area contributed by atoms with Gasteiger partial charge < -0.3 is 9.30 Å². The zero-order valence-corrected chi connectivity index (χ0v) is 17.9. The second-order valence-corrected chi connectivity index (χ2v) is 7.83. The number of esters is 1. The highest BCUT2D eigenvalue weighted by atomic mass is 32.2. The first-order valence-corrected chi connectivity index (χ1v) is 10.1. The van der Waals surface area contributed by atoms with Crippen molar-refractivity contribution in [1.29, 1.82) is 0 Å². The molecule has 0 spiro atoms. The highest BCUT2D eigenvalue weighted by molar-refractivity contribution is 8.18. The van der Waals surface area contributed by atoms with Crippen molar-refractivity contribution in [2.45, 2.75) is 40.7 Å². The number of ether oxygens (including phenoxy) is 1. The Morgan fingerprint density at radius 1 is 1.28 bits per heavy atom. The number of rotatable bonds is 5. The van der Waals surface area contributed by atoms with Crippen LogP contribution in [0.25, 0.3) is 11.9 Å². The molecule has 1 saturated heterocycles. The van der Waals surface area contributed by atoms with Crippen LogP contribution in [-0.2, 0) is 14.3 Å². The lowest BCUT2D eigenvalue weighted by molar-refractivity contribution is -0.150. The average molecular weight is 413 g/mol. The van der Waals surface area contributed by atoms with Gasteiger partial charge in [0.2, 0.25) is 0 Å². The molecule has 2 amide bonds. The summed E-state index contributed by atoms with van der Waals surface area (Å²) in [6.45, 7) is 9.23. The molecule has 0 N–H and O–H groups in total. The zero-order chi connectivity index (χ0) is 21.3. The van der Waals surface area contributed by atoms with Crippen molar-refractivity contribution in [3.8, 4) is 5.82 Å². The second kappa shape index (κ2) is 8.24. The Morgan fingerprint density at radius 2 is 2.00 bits per heavy atom. The molecule has 0 saturated carbocycles. The van der Waals surface area contributed by atoms with E-state index in [2.05, 4.69) is 4.98 Å². The molecule has 3 rings (SSSR count). The smallest absolute Gasteiger partial charge is 0.329 e. The van der Waals surface area contributed by atoms with Gasteiger partial charge in [0.1, 0.15) is 11.9 Å². The number of carbonyl (C=O) groups excluding carboxylic acids is 3. The molecule has 8 heteroatoms. The number of carbonyl (C=O) groups is 3. The van der Waals surface area contributed by atoms with Gasteiger partial charge in [0.05, 0.1) is 11.5 Å². The SMILES string of the molecule is CCOC(=O)[C@@H](C)N1C(=O)S/C(=C/c2cc(C)n(-c3ccc(C)cn3)c2C)C1=O. The first-order chi connectivity index (χ1) is 13.7. The normalized spacial score (nSPS) is 16.6. The summed E-state index contributed by atoms with van der Waals surface area (Å²) in [5.74, 6) is -0.298. The Bertz CT molecular complexity index is 1010. The van der Waals surface area contributed by atoms with Gasteiger partial charge in [0.25, 0.3) is 11.1 Å². The quantitative estimate of drug-likeness (QED) is 0.548. The highest BCUT2D eigenvalue weighted by Crippen LogP contribution is 2.35. The van der Waals surface area contributed by atoms with Crippen LogP contribution in [0.15, 0.2) is 29.3 Å². The lowest BCUT2D eigenvalue weighted by atomic mass is 10.2. The Hall–Kier alpha value is -2.87. The zero-order valence-electron chi connectivity index (χ0n) is 17.1. The molecule has 0 radical (unpaired) electrons. The van der Waals surface area contributed by atoms with Crippen LogP contribution in [0.3, 0.4) is 0 Å². The van der Waals surface area contributed by atoms with Crippen molar-refractivity contribution >= 4 is 35.0 Å². The number of nitrogens with zero attached hydrogens (tertiary/aromatic N) is 3. The maximum atomic E-state index is 12.8. The molecule has 1 aliphatic rings. The topological polar surface area (TPSA) is 81.5 Å². The minimum atomic E-state index is -0.961. The maximum absolute atomic E-state index is 12.8. The number of imide groups is 1. The van der Waals surface area contributed by atoms with E-state index >= 15 is 0 Å². The van der Waals surface area contributed by atoms with Crippen molar-refractivity contribution in [3.05, 3.63) is 51.8 Å². The Labute approximate surface area is 173 Å². The second-order valence-electron chi connectivity index (χ2n) is 6.84. The standard InChI is InChI=1S/C21H23N3O4S/c1-6-28-20(26)15(5)24-19(25)17(29-21(24)27)10-16-9-13(3)23(14(16)4)18-8-7-12(2)11-22-18/h7-11,15H,6H2,1-5H3/b17-10+/t15-/m1/s1. The summed E-state index contributed by atoms with van der Waals surface area (Å²) in [5, 5.41) is -0.476. The molecule has 3 heterocycles. The van der Waals surface area contributed by atoms with Gasteiger partial charge in [-0.05, 0) is 75.7 Å². The number of thioether (sulfide) groups is 1. The predicted octanol–water partition coefficient (Wildman–Crippen LogP) is 3.79. The van der Waals surface area contributed by atoms with Crippen LogP contribution < -0.4 is 0 Å². The third-order valence-electron chi connectivity index (χ3n) is 4.72. The molecular formula is C21H23N3O4S. The Kier molecular flexibility index (Phi) is 5.93. The largest absolute Gasteiger partial charge is 0.464 e. The molecule has 0 unspecified atom stereocenters. The molecule has 1 atom stereocenters. The number of amides is 2. The molecule has 2 aromatic rings. The fraction of sp³-hybridized carbons (Fsp3) is 0.333. The van der Waals surface area contributed by atoms with Crippen LogP contribution >= 0.6 is 11.8 Å². The van der Waals surface area contributed by atoms with Gasteiger partial charge in [-0.25, -0.2) is 9.78 Å². The summed E-state index contributed by atoms with van der Waals surface area (Å²) in [6.07, 6.45) is 3.49. The van der Waals surface area contributed by atoms with Crippen molar-refractivity contribution in [1.82, 2.24) is 14.5 Å². The van der Waals surface area contributed by atoms with Gasteiger partial charge in [-0.15, -0.1) is 0 Å². The van der Waals surface area contributed by atoms with Gasteiger partial charge in [0, 0.05) is 17.6 Å². The number of hydrogen-bond acceptors (Lipinski definition) is 6. The summed E-state index contributed by atoms with van der Waals surface area (Å²) in [7, 11) is 0. The van der Waals surface area contributed by atoms with Crippen molar-refractivity contribution < 1.29 is 19.1 Å². The fourth-order valence-electron chi connectivity index (χ4n) is 3.20. The Morgan fingerprint density at radius 3 is 2.62 bits per heavy atom. The molecule has 29 heavy (non-hydrogen) atoms. The molecule has 7 nitrogen and oxygen atoms in total. The van der Waals surface area contributed by atoms with E-state index in [1.54, 1.807) is 19.2 Å². The molecule has 1 aliphatic heterocycles.